The van der Waals surface area contributed by atoms with Crippen molar-refractivity contribution in [3.63, 3.8) is 0 Å². The molecule has 5 rings (SSSR count). The Morgan fingerprint density at radius 2 is 1.23 bits per heavy atom. The molecule has 0 unspecified atom stereocenters. The molecule has 1 aliphatic rings. The molecule has 0 radical (unpaired) electrons. The Kier molecular flexibility index (Phi) is 8.41. The van der Waals surface area contributed by atoms with Crippen LogP contribution in [0.4, 0.5) is 30.7 Å². The van der Waals surface area contributed by atoms with Crippen molar-refractivity contribution < 1.29 is 43.9 Å². The number of benzene rings is 4. The zero-order chi connectivity index (χ0) is 31.8. The highest BCUT2D eigenvalue weighted by Crippen LogP contribution is 2.55. The smallest absolute Gasteiger partial charge is 0.349 e. The van der Waals surface area contributed by atoms with Crippen LogP contribution in [0, 0.1) is 5.82 Å². The number of alkyl halides is 6. The van der Waals surface area contributed by atoms with Crippen molar-refractivity contribution >= 4 is 9.84 Å². The largest absolute Gasteiger partial charge is 0.430 e. The second-order valence-corrected chi connectivity index (χ2v) is 13.0. The van der Waals surface area contributed by atoms with E-state index in [-0.39, 0.29) is 28.9 Å². The van der Waals surface area contributed by atoms with Gasteiger partial charge in [-0.2, -0.15) is 26.3 Å². The van der Waals surface area contributed by atoms with Crippen LogP contribution >= 0.6 is 0 Å². The lowest BCUT2D eigenvalue weighted by atomic mass is 9.88. The Balaban J connectivity index is 1.57. The standard InChI is InChI=1S/C33H27F7O3S/c34-27-16-18-28(19-17-27)44(41,42)30(20-6-7-21-30)25-12-14-26(15-13-25)31(32(35,36)37,33(38,39)40)43-22-24-10-4-5-11-29(24)23-8-2-1-3-9-23/h1-5,8-19H,6-7,20-22H2. The molecule has 1 saturated carbocycles. The maximum absolute atomic E-state index is 14.6. The highest BCUT2D eigenvalue weighted by molar-refractivity contribution is 7.92. The lowest BCUT2D eigenvalue weighted by Crippen LogP contribution is -2.55. The van der Waals surface area contributed by atoms with Gasteiger partial charge in [-0.1, -0.05) is 91.7 Å². The molecule has 0 heterocycles. The van der Waals surface area contributed by atoms with Gasteiger partial charge in [-0.05, 0) is 59.4 Å². The summed E-state index contributed by atoms with van der Waals surface area (Å²) in [5, 5.41) is 0. The average molecular weight is 637 g/mol. The predicted octanol–water partition coefficient (Wildman–Crippen LogP) is 9.27. The molecule has 1 fully saturated rings. The fourth-order valence-corrected chi connectivity index (χ4v) is 8.19. The van der Waals surface area contributed by atoms with E-state index < -0.39 is 50.5 Å². The number of rotatable bonds is 8. The van der Waals surface area contributed by atoms with Crippen molar-refractivity contribution in [2.45, 2.75) is 59.9 Å². The molecule has 44 heavy (non-hydrogen) atoms. The summed E-state index contributed by atoms with van der Waals surface area (Å²) in [6, 6.07) is 22.0. The van der Waals surface area contributed by atoms with Gasteiger partial charge in [0.1, 0.15) is 10.6 Å². The molecule has 0 saturated heterocycles. The van der Waals surface area contributed by atoms with E-state index in [2.05, 4.69) is 0 Å². The van der Waals surface area contributed by atoms with Crippen LogP contribution in [-0.4, -0.2) is 20.8 Å². The second-order valence-electron chi connectivity index (χ2n) is 10.7. The van der Waals surface area contributed by atoms with Gasteiger partial charge in [0.15, 0.2) is 9.84 Å². The highest BCUT2D eigenvalue weighted by Gasteiger charge is 2.73. The Labute approximate surface area is 250 Å². The van der Waals surface area contributed by atoms with Crippen LogP contribution < -0.4 is 0 Å². The van der Waals surface area contributed by atoms with Crippen LogP contribution in [0.15, 0.2) is 108 Å². The van der Waals surface area contributed by atoms with E-state index >= 15 is 0 Å². The van der Waals surface area contributed by atoms with Crippen molar-refractivity contribution in [2.24, 2.45) is 0 Å². The Hall–Kier alpha value is -3.70. The molecule has 3 nitrogen and oxygen atoms in total. The topological polar surface area (TPSA) is 43.4 Å². The summed E-state index contributed by atoms with van der Waals surface area (Å²) in [5.41, 5.74) is -4.77. The summed E-state index contributed by atoms with van der Waals surface area (Å²) < 4.78 is 132. The summed E-state index contributed by atoms with van der Waals surface area (Å²) in [5.74, 6) is -0.657. The molecule has 4 aromatic rings. The van der Waals surface area contributed by atoms with Gasteiger partial charge in [0.2, 0.25) is 0 Å². The maximum Gasteiger partial charge on any atom is 0.430 e. The van der Waals surface area contributed by atoms with E-state index in [4.69, 9.17) is 4.74 Å². The van der Waals surface area contributed by atoms with E-state index in [0.717, 1.165) is 36.4 Å². The normalized spacial score (nSPS) is 15.8. The summed E-state index contributed by atoms with van der Waals surface area (Å²) in [6.07, 6.45) is -10.7. The van der Waals surface area contributed by atoms with Crippen LogP contribution in [0.1, 0.15) is 42.4 Å². The first-order chi connectivity index (χ1) is 20.7. The lowest BCUT2D eigenvalue weighted by molar-refractivity contribution is -0.392. The number of halogens is 7. The molecule has 232 valence electrons. The van der Waals surface area contributed by atoms with Crippen molar-refractivity contribution in [3.8, 4) is 11.1 Å². The van der Waals surface area contributed by atoms with Crippen LogP contribution in [-0.2, 0) is 31.5 Å². The Bertz CT molecular complexity index is 1680. The minimum atomic E-state index is -5.93. The van der Waals surface area contributed by atoms with Gasteiger partial charge in [-0.3, -0.25) is 0 Å². The summed E-state index contributed by atoms with van der Waals surface area (Å²) >= 11 is 0. The predicted molar refractivity (Wildman–Crippen MR) is 151 cm³/mol. The molecular weight excluding hydrogens is 609 g/mol. The van der Waals surface area contributed by atoms with Crippen LogP contribution in [0.25, 0.3) is 11.1 Å². The molecule has 0 amide bonds. The molecule has 11 heteroatoms. The van der Waals surface area contributed by atoms with Gasteiger partial charge < -0.3 is 4.74 Å². The summed E-state index contributed by atoms with van der Waals surface area (Å²) in [7, 11) is -4.20. The lowest BCUT2D eigenvalue weighted by Gasteiger charge is -2.38. The monoisotopic (exact) mass is 636 g/mol. The van der Waals surface area contributed by atoms with Gasteiger partial charge in [0, 0.05) is 5.56 Å². The molecule has 1 aliphatic carbocycles. The number of hydrogen-bond acceptors (Lipinski definition) is 3. The number of hydrogen-bond donors (Lipinski definition) is 0. The zero-order valence-electron chi connectivity index (χ0n) is 23.1. The molecule has 0 aliphatic heterocycles. The highest BCUT2D eigenvalue weighted by atomic mass is 32.2. The van der Waals surface area contributed by atoms with Gasteiger partial charge in [0.25, 0.3) is 5.60 Å². The number of ether oxygens (including phenoxy) is 1. The third-order valence-corrected chi connectivity index (χ3v) is 10.8. The van der Waals surface area contributed by atoms with Crippen molar-refractivity contribution in [1.82, 2.24) is 0 Å². The maximum atomic E-state index is 14.6. The van der Waals surface area contributed by atoms with E-state index in [9.17, 15) is 39.2 Å². The minimum Gasteiger partial charge on any atom is -0.349 e. The molecule has 0 spiro atoms. The fourth-order valence-electron chi connectivity index (χ4n) is 5.97. The van der Waals surface area contributed by atoms with E-state index in [1.165, 1.54) is 12.1 Å². The molecule has 0 atom stereocenters. The Morgan fingerprint density at radius 3 is 1.80 bits per heavy atom. The van der Waals surface area contributed by atoms with Crippen molar-refractivity contribution in [2.75, 3.05) is 0 Å². The number of sulfone groups is 1. The molecule has 4 aromatic carbocycles. The van der Waals surface area contributed by atoms with Gasteiger partial charge >= 0.3 is 12.4 Å². The van der Waals surface area contributed by atoms with E-state index in [0.29, 0.717) is 36.1 Å². The van der Waals surface area contributed by atoms with E-state index in [1.54, 1.807) is 42.5 Å². The minimum absolute atomic E-state index is 0.0516. The van der Waals surface area contributed by atoms with Crippen molar-refractivity contribution in [1.29, 1.82) is 0 Å². The second kappa shape index (κ2) is 11.7. The molecule has 0 N–H and O–H groups in total. The van der Waals surface area contributed by atoms with Gasteiger partial charge in [-0.15, -0.1) is 0 Å². The summed E-state index contributed by atoms with van der Waals surface area (Å²) in [6.45, 7) is -1.02. The first-order valence-corrected chi connectivity index (χ1v) is 15.2. The Morgan fingerprint density at radius 1 is 0.682 bits per heavy atom. The first kappa shape index (κ1) is 31.7. The summed E-state index contributed by atoms with van der Waals surface area (Å²) in [4.78, 5) is -0.190. The van der Waals surface area contributed by atoms with Crippen LogP contribution in [0.3, 0.4) is 0 Å². The fraction of sp³-hybridized carbons (Fsp3) is 0.273. The molecule has 0 aromatic heterocycles. The molecule has 0 bridgehead atoms. The van der Waals surface area contributed by atoms with Crippen molar-refractivity contribution in [3.05, 3.63) is 126 Å². The van der Waals surface area contributed by atoms with E-state index in [1.807, 2.05) is 0 Å². The van der Waals surface area contributed by atoms with Crippen LogP contribution in [0.2, 0.25) is 0 Å². The third kappa shape index (κ3) is 5.40. The first-order valence-electron chi connectivity index (χ1n) is 13.7. The van der Waals surface area contributed by atoms with Crippen LogP contribution in [0.5, 0.6) is 0 Å². The zero-order valence-corrected chi connectivity index (χ0v) is 23.9. The SMILES string of the molecule is O=S(=O)(c1ccc(F)cc1)C1(c2ccc(C(OCc3ccccc3-c3ccccc3)(C(F)(F)F)C(F)(F)F)cc2)CCCC1. The molecular formula is C33H27F7O3S. The average Bonchev–Trinajstić information content (AvgIpc) is 3.49. The quantitative estimate of drug-likeness (QED) is 0.143. The third-order valence-electron chi connectivity index (χ3n) is 8.21. The van der Waals surface area contributed by atoms with Gasteiger partial charge in [0.05, 0.1) is 11.5 Å². The van der Waals surface area contributed by atoms with Gasteiger partial charge in [-0.25, -0.2) is 12.8 Å².